The number of phenols is 1. The van der Waals surface area contributed by atoms with E-state index in [4.69, 9.17) is 16.3 Å². The summed E-state index contributed by atoms with van der Waals surface area (Å²) in [5.74, 6) is -3.50. The maximum absolute atomic E-state index is 14.9. The molecule has 0 saturated carbocycles. The first-order valence-corrected chi connectivity index (χ1v) is 10.3. The number of carbonyl (C=O) groups is 2. The van der Waals surface area contributed by atoms with Crippen LogP contribution in [-0.2, 0) is 9.59 Å². The lowest BCUT2D eigenvalue weighted by Crippen LogP contribution is -2.29. The van der Waals surface area contributed by atoms with Gasteiger partial charge >= 0.3 is 0 Å². The number of methoxy groups -OCH3 is 1. The minimum Gasteiger partial charge on any atom is -0.507 e. The van der Waals surface area contributed by atoms with Crippen LogP contribution in [0, 0.1) is 12.7 Å². The van der Waals surface area contributed by atoms with E-state index in [9.17, 15) is 24.2 Å². The maximum Gasteiger partial charge on any atom is 0.300 e. The number of aliphatic hydroxyl groups excluding tert-OH is 1. The molecule has 6 nitrogen and oxygen atoms in total. The number of para-hydroxylation sites is 2. The number of benzene rings is 3. The van der Waals surface area contributed by atoms with Crippen molar-refractivity contribution in [2.45, 2.75) is 13.0 Å². The van der Waals surface area contributed by atoms with Crippen LogP contribution in [0.5, 0.6) is 11.5 Å². The molecule has 3 aromatic rings. The molecule has 0 radical (unpaired) electrons. The van der Waals surface area contributed by atoms with Crippen LogP contribution in [0.3, 0.4) is 0 Å². The fraction of sp³-hybridized carbons (Fsp3) is 0.120. The molecule has 1 heterocycles. The van der Waals surface area contributed by atoms with Gasteiger partial charge in [-0.15, -0.1) is 0 Å². The average molecular weight is 468 g/mol. The smallest absolute Gasteiger partial charge is 0.300 e. The van der Waals surface area contributed by atoms with Gasteiger partial charge in [-0.05, 0) is 42.8 Å². The van der Waals surface area contributed by atoms with Crippen molar-refractivity contribution in [3.8, 4) is 11.5 Å². The molecule has 1 fully saturated rings. The van der Waals surface area contributed by atoms with Crippen LogP contribution < -0.4 is 9.64 Å². The Balaban J connectivity index is 2.05. The normalized spacial score (nSPS) is 17.5. The maximum atomic E-state index is 14.9. The highest BCUT2D eigenvalue weighted by atomic mass is 35.5. The van der Waals surface area contributed by atoms with Gasteiger partial charge in [-0.1, -0.05) is 41.9 Å². The Morgan fingerprint density at radius 1 is 1.09 bits per heavy atom. The molecule has 0 aromatic heterocycles. The quantitative estimate of drug-likeness (QED) is 0.315. The lowest BCUT2D eigenvalue weighted by molar-refractivity contribution is -0.132. The predicted octanol–water partition coefficient (Wildman–Crippen LogP) is 5.13. The molecule has 4 rings (SSSR count). The number of rotatable bonds is 4. The summed E-state index contributed by atoms with van der Waals surface area (Å²) in [6.45, 7) is 1.73. The van der Waals surface area contributed by atoms with E-state index in [1.165, 1.54) is 37.4 Å². The van der Waals surface area contributed by atoms with Crippen LogP contribution >= 0.6 is 11.6 Å². The summed E-state index contributed by atoms with van der Waals surface area (Å²) in [6, 6.07) is 13.3. The summed E-state index contributed by atoms with van der Waals surface area (Å²) >= 11 is 6.26. The Kier molecular flexibility index (Phi) is 5.82. The third kappa shape index (κ3) is 3.70. The molecule has 1 saturated heterocycles. The Hall–Kier alpha value is -3.84. The number of aromatic hydroxyl groups is 1. The third-order valence-corrected chi connectivity index (χ3v) is 5.71. The molecule has 2 N–H and O–H groups in total. The number of ketones is 1. The SMILES string of the molecule is COc1c(Cl)cc(C)cc1/C(O)=C1\C(=O)C(=O)N(c2ccccc2O)C1c1ccccc1F. The van der Waals surface area contributed by atoms with Crippen molar-refractivity contribution < 1.29 is 28.9 Å². The predicted molar refractivity (Wildman–Crippen MR) is 122 cm³/mol. The highest BCUT2D eigenvalue weighted by Crippen LogP contribution is 2.46. The van der Waals surface area contributed by atoms with Crippen LogP contribution in [0.4, 0.5) is 10.1 Å². The molecule has 8 heteroatoms. The van der Waals surface area contributed by atoms with Gasteiger partial charge in [0.05, 0.1) is 35.0 Å². The second-order valence-corrected chi connectivity index (χ2v) is 7.91. The molecule has 3 aromatic carbocycles. The zero-order valence-corrected chi connectivity index (χ0v) is 18.4. The molecule has 0 spiro atoms. The molecular formula is C25H19ClFNO5. The lowest BCUT2D eigenvalue weighted by atomic mass is 9.94. The third-order valence-electron chi connectivity index (χ3n) is 5.43. The Bertz CT molecular complexity index is 1320. The number of ether oxygens (including phenoxy) is 1. The van der Waals surface area contributed by atoms with Crippen molar-refractivity contribution >= 4 is 34.7 Å². The number of carbonyl (C=O) groups excluding carboxylic acids is 2. The summed E-state index contributed by atoms with van der Waals surface area (Å²) in [5.41, 5.74) is 0.368. The highest BCUT2D eigenvalue weighted by molar-refractivity contribution is 6.52. The van der Waals surface area contributed by atoms with Crippen LogP contribution in [0.1, 0.15) is 22.7 Å². The molecular weight excluding hydrogens is 449 g/mol. The van der Waals surface area contributed by atoms with Gasteiger partial charge < -0.3 is 14.9 Å². The molecule has 33 heavy (non-hydrogen) atoms. The van der Waals surface area contributed by atoms with Crippen molar-refractivity contribution in [2.24, 2.45) is 0 Å². The summed E-state index contributed by atoms with van der Waals surface area (Å²) in [7, 11) is 1.35. The zero-order chi connectivity index (χ0) is 23.9. The first kappa shape index (κ1) is 22.4. The van der Waals surface area contributed by atoms with E-state index in [1.807, 2.05) is 0 Å². The van der Waals surface area contributed by atoms with E-state index in [0.717, 1.165) is 4.90 Å². The molecule has 168 valence electrons. The molecule has 1 unspecified atom stereocenters. The number of hydrogen-bond donors (Lipinski definition) is 2. The van der Waals surface area contributed by atoms with Crippen molar-refractivity contribution in [3.05, 3.63) is 93.8 Å². The van der Waals surface area contributed by atoms with Crippen molar-refractivity contribution in [1.29, 1.82) is 0 Å². The average Bonchev–Trinajstić information content (AvgIpc) is 3.04. The minimum atomic E-state index is -1.34. The number of amides is 1. The largest absolute Gasteiger partial charge is 0.507 e. The van der Waals surface area contributed by atoms with Gasteiger partial charge in [0.15, 0.2) is 0 Å². The number of aliphatic hydroxyl groups is 1. The Morgan fingerprint density at radius 2 is 1.76 bits per heavy atom. The van der Waals surface area contributed by atoms with Crippen LogP contribution in [0.15, 0.2) is 66.2 Å². The minimum absolute atomic E-state index is 0.00106. The highest BCUT2D eigenvalue weighted by Gasteiger charge is 2.48. The first-order chi connectivity index (χ1) is 15.8. The van der Waals surface area contributed by atoms with Crippen molar-refractivity contribution in [2.75, 3.05) is 12.0 Å². The van der Waals surface area contributed by atoms with Gasteiger partial charge in [-0.25, -0.2) is 4.39 Å². The molecule has 0 bridgehead atoms. The molecule has 1 amide bonds. The van der Waals surface area contributed by atoms with E-state index >= 15 is 0 Å². The fourth-order valence-corrected chi connectivity index (χ4v) is 4.35. The number of nitrogens with zero attached hydrogens (tertiary/aromatic N) is 1. The molecule has 0 aliphatic carbocycles. The lowest BCUT2D eigenvalue weighted by Gasteiger charge is -2.26. The van der Waals surface area contributed by atoms with Crippen molar-refractivity contribution in [3.63, 3.8) is 0 Å². The molecule has 1 aliphatic heterocycles. The fourth-order valence-electron chi connectivity index (χ4n) is 4.00. The van der Waals surface area contributed by atoms with Gasteiger partial charge in [-0.2, -0.15) is 0 Å². The van der Waals surface area contributed by atoms with Gasteiger partial charge in [0.1, 0.15) is 23.1 Å². The van der Waals surface area contributed by atoms with Crippen LogP contribution in [0.25, 0.3) is 5.76 Å². The van der Waals surface area contributed by atoms with Crippen LogP contribution in [0.2, 0.25) is 5.02 Å². The number of Topliss-reactive ketones (excluding diaryl/α,β-unsaturated/α-hetero) is 1. The van der Waals surface area contributed by atoms with E-state index < -0.39 is 29.3 Å². The van der Waals surface area contributed by atoms with Crippen LogP contribution in [-0.4, -0.2) is 29.0 Å². The van der Waals surface area contributed by atoms with E-state index in [2.05, 4.69) is 0 Å². The second kappa shape index (κ2) is 8.60. The van der Waals surface area contributed by atoms with Gasteiger partial charge in [-0.3, -0.25) is 14.5 Å². The number of phenolic OH excluding ortho intramolecular Hbond substituents is 1. The van der Waals surface area contributed by atoms with E-state index in [-0.39, 0.29) is 38.9 Å². The number of aryl methyl sites for hydroxylation is 1. The summed E-state index contributed by atoms with van der Waals surface area (Å²) in [4.78, 5) is 27.3. The Morgan fingerprint density at radius 3 is 2.42 bits per heavy atom. The Labute approximate surface area is 194 Å². The molecule has 1 atom stereocenters. The molecule has 1 aliphatic rings. The summed E-state index contributed by atoms with van der Waals surface area (Å²) in [6.07, 6.45) is 0. The van der Waals surface area contributed by atoms with Gasteiger partial charge in [0.2, 0.25) is 0 Å². The standard InChI is InChI=1S/C25H19ClFNO5/c1-13-11-15(24(33-2)16(26)12-13)22(30)20-21(14-7-3-4-8-17(14)27)28(25(32)23(20)31)18-9-5-6-10-19(18)29/h3-12,21,29-30H,1-2H3/b22-20+. The first-order valence-electron chi connectivity index (χ1n) is 9.94. The van der Waals surface area contributed by atoms with Crippen molar-refractivity contribution in [1.82, 2.24) is 0 Å². The second-order valence-electron chi connectivity index (χ2n) is 7.51. The number of halogens is 2. The number of anilines is 1. The van der Waals surface area contributed by atoms with Gasteiger partial charge in [0.25, 0.3) is 11.7 Å². The van der Waals surface area contributed by atoms with E-state index in [1.54, 1.807) is 37.3 Å². The monoisotopic (exact) mass is 467 g/mol. The zero-order valence-electron chi connectivity index (χ0n) is 17.7. The topological polar surface area (TPSA) is 87.1 Å². The summed E-state index contributed by atoms with van der Waals surface area (Å²) in [5, 5.41) is 21.9. The van der Waals surface area contributed by atoms with Gasteiger partial charge in [0, 0.05) is 5.56 Å². The number of hydrogen-bond acceptors (Lipinski definition) is 5. The summed E-state index contributed by atoms with van der Waals surface area (Å²) < 4.78 is 20.3. The van der Waals surface area contributed by atoms with E-state index in [0.29, 0.717) is 5.56 Å².